The summed E-state index contributed by atoms with van der Waals surface area (Å²) in [5, 5.41) is 0. The number of fused-ring (bicyclic) bond motifs is 1. The predicted molar refractivity (Wildman–Crippen MR) is 85.5 cm³/mol. The van der Waals surface area contributed by atoms with Crippen molar-refractivity contribution in [2.75, 3.05) is 0 Å². The van der Waals surface area contributed by atoms with Gasteiger partial charge in [0.05, 0.1) is 4.88 Å². The number of hydrogen-bond acceptors (Lipinski definition) is 3. The van der Waals surface area contributed by atoms with Gasteiger partial charge < -0.3 is 4.42 Å². The highest BCUT2D eigenvalue weighted by Crippen LogP contribution is 2.33. The molecular formula is C17H19NOS. The maximum absolute atomic E-state index is 5.94. The monoisotopic (exact) mass is 285 g/mol. The average molecular weight is 285 g/mol. The average Bonchev–Trinajstić information content (AvgIpc) is 3.04. The molecule has 3 aromatic rings. The van der Waals surface area contributed by atoms with Crippen molar-refractivity contribution in [3.05, 3.63) is 40.8 Å². The van der Waals surface area contributed by atoms with E-state index in [1.807, 2.05) is 0 Å². The first kappa shape index (κ1) is 13.4. The van der Waals surface area contributed by atoms with E-state index in [-0.39, 0.29) is 0 Å². The lowest BCUT2D eigenvalue weighted by Gasteiger charge is -2.02. The molecule has 0 aliphatic heterocycles. The second-order valence-corrected chi connectivity index (χ2v) is 6.87. The Morgan fingerprint density at radius 2 is 1.80 bits per heavy atom. The van der Waals surface area contributed by atoms with E-state index < -0.39 is 0 Å². The van der Waals surface area contributed by atoms with Crippen LogP contribution in [-0.4, -0.2) is 4.98 Å². The number of thiophene rings is 1. The first-order chi connectivity index (χ1) is 9.54. The number of hydrogen-bond donors (Lipinski definition) is 0. The van der Waals surface area contributed by atoms with Gasteiger partial charge in [0.15, 0.2) is 5.58 Å². The zero-order valence-corrected chi connectivity index (χ0v) is 13.1. The normalized spacial score (nSPS) is 11.9. The van der Waals surface area contributed by atoms with E-state index in [9.17, 15) is 0 Å². The SMILES string of the molecule is CC(C)c1ccc2nc(-c3ccc(C(C)C)s3)oc2c1. The Labute approximate surface area is 123 Å². The Balaban J connectivity index is 2.03. The minimum absolute atomic E-state index is 0.502. The Morgan fingerprint density at radius 1 is 1.00 bits per heavy atom. The third kappa shape index (κ3) is 2.38. The molecule has 2 heterocycles. The molecule has 3 heteroatoms. The molecule has 0 radical (unpaired) electrons. The second kappa shape index (κ2) is 5.06. The molecule has 0 amide bonds. The standard InChI is InChI=1S/C17H19NOS/c1-10(2)12-5-6-13-14(9-12)19-17(18-13)16-8-7-15(20-16)11(3)4/h5-11H,1-4H3. The third-order valence-electron chi connectivity index (χ3n) is 3.49. The molecule has 0 N–H and O–H groups in total. The molecule has 2 nitrogen and oxygen atoms in total. The molecule has 0 atom stereocenters. The summed E-state index contributed by atoms with van der Waals surface area (Å²) in [6, 6.07) is 10.6. The summed E-state index contributed by atoms with van der Waals surface area (Å²) in [4.78, 5) is 7.07. The van der Waals surface area contributed by atoms with E-state index >= 15 is 0 Å². The number of benzene rings is 1. The maximum Gasteiger partial charge on any atom is 0.237 e. The van der Waals surface area contributed by atoms with Crippen LogP contribution in [0.3, 0.4) is 0 Å². The molecule has 1 aromatic carbocycles. The molecule has 3 rings (SSSR count). The second-order valence-electron chi connectivity index (χ2n) is 5.76. The molecule has 0 unspecified atom stereocenters. The molecule has 20 heavy (non-hydrogen) atoms. The highest BCUT2D eigenvalue weighted by Gasteiger charge is 2.13. The number of aromatic nitrogens is 1. The Hall–Kier alpha value is -1.61. The predicted octanol–water partition coefficient (Wildman–Crippen LogP) is 5.80. The topological polar surface area (TPSA) is 26.0 Å². The van der Waals surface area contributed by atoms with E-state index in [1.165, 1.54) is 10.4 Å². The van der Waals surface area contributed by atoms with Gasteiger partial charge in [-0.05, 0) is 41.7 Å². The van der Waals surface area contributed by atoms with Crippen molar-refractivity contribution < 1.29 is 4.42 Å². The van der Waals surface area contributed by atoms with Gasteiger partial charge in [-0.25, -0.2) is 4.98 Å². The van der Waals surface area contributed by atoms with Gasteiger partial charge in [0.2, 0.25) is 5.89 Å². The lowest BCUT2D eigenvalue weighted by Crippen LogP contribution is -1.85. The van der Waals surface area contributed by atoms with Crippen LogP contribution >= 0.6 is 11.3 Å². The van der Waals surface area contributed by atoms with Crippen molar-refractivity contribution in [2.45, 2.75) is 39.5 Å². The van der Waals surface area contributed by atoms with E-state index in [4.69, 9.17) is 4.42 Å². The van der Waals surface area contributed by atoms with Gasteiger partial charge in [-0.15, -0.1) is 11.3 Å². The molecular weight excluding hydrogens is 266 g/mol. The summed E-state index contributed by atoms with van der Waals surface area (Å²) >= 11 is 1.76. The quantitative estimate of drug-likeness (QED) is 0.607. The van der Waals surface area contributed by atoms with Crippen LogP contribution in [-0.2, 0) is 0 Å². The number of nitrogens with zero attached hydrogens (tertiary/aromatic N) is 1. The summed E-state index contributed by atoms with van der Waals surface area (Å²) in [5.41, 5.74) is 3.10. The minimum Gasteiger partial charge on any atom is -0.435 e. The van der Waals surface area contributed by atoms with Gasteiger partial charge >= 0.3 is 0 Å². The molecule has 104 valence electrons. The van der Waals surface area contributed by atoms with Crippen LogP contribution in [0.1, 0.15) is 50.0 Å². The molecule has 0 aliphatic rings. The van der Waals surface area contributed by atoms with Crippen molar-refractivity contribution in [3.63, 3.8) is 0 Å². The van der Waals surface area contributed by atoms with Gasteiger partial charge in [0, 0.05) is 4.88 Å². The fourth-order valence-corrected chi connectivity index (χ4v) is 3.12. The molecule has 0 fully saturated rings. The van der Waals surface area contributed by atoms with Gasteiger partial charge in [-0.3, -0.25) is 0 Å². The molecule has 2 aromatic heterocycles. The van der Waals surface area contributed by atoms with Gasteiger partial charge in [-0.1, -0.05) is 33.8 Å². The van der Waals surface area contributed by atoms with Crippen molar-refractivity contribution in [2.24, 2.45) is 0 Å². The van der Waals surface area contributed by atoms with Crippen LogP contribution in [0.5, 0.6) is 0 Å². The molecule has 0 bridgehead atoms. The summed E-state index contributed by atoms with van der Waals surface area (Å²) in [7, 11) is 0. The number of rotatable bonds is 3. The highest BCUT2D eigenvalue weighted by atomic mass is 32.1. The number of oxazole rings is 1. The van der Waals surface area contributed by atoms with E-state index in [0.717, 1.165) is 21.9 Å². The Bertz CT molecular complexity index is 736. The third-order valence-corrected chi connectivity index (χ3v) is 4.86. The summed E-state index contributed by atoms with van der Waals surface area (Å²) in [5.74, 6) is 1.78. The van der Waals surface area contributed by atoms with Gasteiger partial charge in [0.25, 0.3) is 0 Å². The van der Waals surface area contributed by atoms with E-state index in [0.29, 0.717) is 11.8 Å². The summed E-state index contributed by atoms with van der Waals surface area (Å²) < 4.78 is 5.94. The fraction of sp³-hybridized carbons (Fsp3) is 0.353. The zero-order valence-electron chi connectivity index (χ0n) is 12.3. The van der Waals surface area contributed by atoms with Crippen LogP contribution in [0.4, 0.5) is 0 Å². The molecule has 0 aliphatic carbocycles. The van der Waals surface area contributed by atoms with Crippen molar-refractivity contribution in [1.82, 2.24) is 4.98 Å². The van der Waals surface area contributed by atoms with Crippen molar-refractivity contribution >= 4 is 22.4 Å². The smallest absolute Gasteiger partial charge is 0.237 e. The summed E-state index contributed by atoms with van der Waals surface area (Å²) in [6.45, 7) is 8.78. The van der Waals surface area contributed by atoms with E-state index in [1.54, 1.807) is 11.3 Å². The Morgan fingerprint density at radius 3 is 2.45 bits per heavy atom. The lowest BCUT2D eigenvalue weighted by atomic mass is 10.0. The van der Waals surface area contributed by atoms with Crippen molar-refractivity contribution in [1.29, 1.82) is 0 Å². The first-order valence-corrected chi connectivity index (χ1v) is 7.87. The zero-order chi connectivity index (χ0) is 14.3. The van der Waals surface area contributed by atoms with Crippen LogP contribution in [0.2, 0.25) is 0 Å². The maximum atomic E-state index is 5.94. The summed E-state index contributed by atoms with van der Waals surface area (Å²) in [6.07, 6.45) is 0. The first-order valence-electron chi connectivity index (χ1n) is 7.05. The van der Waals surface area contributed by atoms with Crippen LogP contribution in [0, 0.1) is 0 Å². The molecule has 0 spiro atoms. The van der Waals surface area contributed by atoms with Crippen LogP contribution < -0.4 is 0 Å². The lowest BCUT2D eigenvalue weighted by molar-refractivity contribution is 0.620. The highest BCUT2D eigenvalue weighted by molar-refractivity contribution is 7.15. The fourth-order valence-electron chi connectivity index (χ4n) is 2.18. The van der Waals surface area contributed by atoms with E-state index in [2.05, 4.69) is 63.0 Å². The molecule has 0 saturated carbocycles. The van der Waals surface area contributed by atoms with Gasteiger partial charge in [-0.2, -0.15) is 0 Å². The minimum atomic E-state index is 0.502. The molecule has 0 saturated heterocycles. The Kier molecular flexibility index (Phi) is 3.38. The van der Waals surface area contributed by atoms with Gasteiger partial charge in [0.1, 0.15) is 5.52 Å². The van der Waals surface area contributed by atoms with Crippen LogP contribution in [0.25, 0.3) is 21.9 Å². The largest absolute Gasteiger partial charge is 0.435 e. The van der Waals surface area contributed by atoms with Crippen LogP contribution in [0.15, 0.2) is 34.7 Å². The van der Waals surface area contributed by atoms with Crippen molar-refractivity contribution in [3.8, 4) is 10.8 Å².